The molecular formula is C28H24ClN3O4. The number of benzene rings is 2. The minimum atomic E-state index is -0.794. The lowest BCUT2D eigenvalue weighted by molar-refractivity contribution is -0.138. The Labute approximate surface area is 212 Å². The van der Waals surface area contributed by atoms with Gasteiger partial charge >= 0.3 is 5.97 Å². The van der Waals surface area contributed by atoms with Crippen LogP contribution in [0.4, 0.5) is 0 Å². The van der Waals surface area contributed by atoms with Crippen LogP contribution in [0.25, 0.3) is 27.8 Å². The van der Waals surface area contributed by atoms with Gasteiger partial charge in [0.05, 0.1) is 11.3 Å². The standard InChI is InChI=1S/C28H24ClN3O4/c1-2-10-31-27(34)23-15-32(26-20(25(23)33)7-4-11-30-26)18-6-3-5-16(12-18)17-8-9-19(24(29)13-17)21-14-22(21)28(35)36/h3-9,11-13,15,21-22H,2,10,14H2,1H3,(H,31,34)(H,35,36). The molecule has 5 rings (SSSR count). The van der Waals surface area contributed by atoms with Crippen LogP contribution >= 0.6 is 11.6 Å². The van der Waals surface area contributed by atoms with E-state index in [-0.39, 0.29) is 22.8 Å². The normalized spacial score (nSPS) is 16.6. The average Bonchev–Trinajstić information content (AvgIpc) is 3.69. The number of carboxylic acids is 1. The smallest absolute Gasteiger partial charge is 0.307 e. The van der Waals surface area contributed by atoms with E-state index in [2.05, 4.69) is 10.3 Å². The maximum Gasteiger partial charge on any atom is 0.307 e. The second-order valence-electron chi connectivity index (χ2n) is 8.95. The number of hydrogen-bond acceptors (Lipinski definition) is 4. The Hall–Kier alpha value is -3.97. The van der Waals surface area contributed by atoms with Crippen LogP contribution < -0.4 is 10.7 Å². The number of carbonyl (C=O) groups is 2. The van der Waals surface area contributed by atoms with Gasteiger partial charge in [0.25, 0.3) is 5.91 Å². The summed E-state index contributed by atoms with van der Waals surface area (Å²) in [6.07, 6.45) is 4.51. The first kappa shape index (κ1) is 23.8. The number of nitrogens with zero attached hydrogens (tertiary/aromatic N) is 2. The highest BCUT2D eigenvalue weighted by atomic mass is 35.5. The largest absolute Gasteiger partial charge is 0.481 e. The fourth-order valence-electron chi connectivity index (χ4n) is 4.51. The Bertz CT molecular complexity index is 1560. The second kappa shape index (κ2) is 9.59. The molecular weight excluding hydrogens is 478 g/mol. The van der Waals surface area contributed by atoms with E-state index in [1.165, 1.54) is 6.20 Å². The van der Waals surface area contributed by atoms with Crippen LogP contribution in [0.1, 0.15) is 41.6 Å². The van der Waals surface area contributed by atoms with E-state index in [1.54, 1.807) is 22.9 Å². The number of halogens is 1. The molecule has 7 nitrogen and oxygen atoms in total. The van der Waals surface area contributed by atoms with Gasteiger partial charge in [0, 0.05) is 29.6 Å². The van der Waals surface area contributed by atoms with Crippen molar-refractivity contribution < 1.29 is 14.7 Å². The first-order valence-electron chi connectivity index (χ1n) is 11.8. The second-order valence-corrected chi connectivity index (χ2v) is 9.35. The van der Waals surface area contributed by atoms with E-state index in [0.717, 1.165) is 28.8 Å². The summed E-state index contributed by atoms with van der Waals surface area (Å²) in [5, 5.41) is 12.9. The lowest BCUT2D eigenvalue weighted by Gasteiger charge is -2.14. The number of carboxylic acid groups (broad SMARTS) is 1. The summed E-state index contributed by atoms with van der Waals surface area (Å²) in [4.78, 5) is 41.4. The van der Waals surface area contributed by atoms with Gasteiger partial charge in [-0.2, -0.15) is 0 Å². The fourth-order valence-corrected chi connectivity index (χ4v) is 4.83. The van der Waals surface area contributed by atoms with E-state index in [9.17, 15) is 19.5 Å². The third-order valence-corrected chi connectivity index (χ3v) is 6.84. The third kappa shape index (κ3) is 4.38. The van der Waals surface area contributed by atoms with Crippen molar-refractivity contribution in [1.29, 1.82) is 0 Å². The molecule has 2 N–H and O–H groups in total. The van der Waals surface area contributed by atoms with Crippen LogP contribution in [0.15, 0.2) is 71.8 Å². The van der Waals surface area contributed by atoms with Crippen LogP contribution in [0.3, 0.4) is 0 Å². The number of carbonyl (C=O) groups excluding carboxylic acids is 1. The Balaban J connectivity index is 1.56. The maximum absolute atomic E-state index is 13.0. The molecule has 2 aromatic heterocycles. The van der Waals surface area contributed by atoms with Crippen molar-refractivity contribution in [1.82, 2.24) is 14.9 Å². The van der Waals surface area contributed by atoms with Gasteiger partial charge in [0.2, 0.25) is 5.43 Å². The third-order valence-electron chi connectivity index (χ3n) is 6.51. The highest BCUT2D eigenvalue weighted by molar-refractivity contribution is 6.31. The molecule has 1 saturated carbocycles. The number of nitrogens with one attached hydrogen (secondary N) is 1. The van der Waals surface area contributed by atoms with Crippen LogP contribution in [-0.4, -0.2) is 33.1 Å². The number of amides is 1. The van der Waals surface area contributed by atoms with Crippen molar-refractivity contribution in [2.45, 2.75) is 25.7 Å². The van der Waals surface area contributed by atoms with Gasteiger partial charge in [-0.25, -0.2) is 4.98 Å². The van der Waals surface area contributed by atoms with E-state index in [0.29, 0.717) is 29.0 Å². The summed E-state index contributed by atoms with van der Waals surface area (Å²) in [6.45, 7) is 2.42. The van der Waals surface area contributed by atoms with Crippen molar-refractivity contribution in [3.05, 3.63) is 93.4 Å². The molecule has 1 aliphatic rings. The monoisotopic (exact) mass is 501 g/mol. The quantitative estimate of drug-likeness (QED) is 0.369. The van der Waals surface area contributed by atoms with Crippen LogP contribution in [0.2, 0.25) is 5.02 Å². The summed E-state index contributed by atoms with van der Waals surface area (Å²) >= 11 is 6.55. The lowest BCUT2D eigenvalue weighted by atomic mass is 10.0. The summed E-state index contributed by atoms with van der Waals surface area (Å²) in [5.41, 5.74) is 3.48. The highest BCUT2D eigenvalue weighted by Gasteiger charge is 2.45. The molecule has 2 aromatic carbocycles. The Morgan fingerprint density at radius 3 is 2.67 bits per heavy atom. The van der Waals surface area contributed by atoms with Crippen molar-refractivity contribution in [3.8, 4) is 16.8 Å². The van der Waals surface area contributed by atoms with Gasteiger partial charge in [-0.1, -0.05) is 42.8 Å². The van der Waals surface area contributed by atoms with Gasteiger partial charge in [-0.3, -0.25) is 14.4 Å². The zero-order valence-electron chi connectivity index (χ0n) is 19.6. The average molecular weight is 502 g/mol. The zero-order chi connectivity index (χ0) is 25.4. The molecule has 0 bridgehead atoms. The molecule has 2 heterocycles. The van der Waals surface area contributed by atoms with Crippen LogP contribution in [0, 0.1) is 5.92 Å². The van der Waals surface area contributed by atoms with Gasteiger partial charge in [0.1, 0.15) is 11.2 Å². The molecule has 1 fully saturated rings. The number of aromatic nitrogens is 2. The minimum Gasteiger partial charge on any atom is -0.481 e. The highest BCUT2D eigenvalue weighted by Crippen LogP contribution is 2.50. The van der Waals surface area contributed by atoms with Gasteiger partial charge in [-0.05, 0) is 65.8 Å². The molecule has 0 aliphatic heterocycles. The zero-order valence-corrected chi connectivity index (χ0v) is 20.3. The van der Waals surface area contributed by atoms with Crippen molar-refractivity contribution in [2.24, 2.45) is 5.92 Å². The van der Waals surface area contributed by atoms with Crippen molar-refractivity contribution in [3.63, 3.8) is 0 Å². The number of aliphatic carboxylic acids is 1. The van der Waals surface area contributed by atoms with E-state index >= 15 is 0 Å². The molecule has 4 aromatic rings. The van der Waals surface area contributed by atoms with Crippen LogP contribution in [0.5, 0.6) is 0 Å². The Morgan fingerprint density at radius 2 is 1.94 bits per heavy atom. The molecule has 36 heavy (non-hydrogen) atoms. The summed E-state index contributed by atoms with van der Waals surface area (Å²) < 4.78 is 1.75. The van der Waals surface area contributed by atoms with Gasteiger partial charge < -0.3 is 15.0 Å². The summed E-state index contributed by atoms with van der Waals surface area (Å²) in [5.74, 6) is -1.63. The van der Waals surface area contributed by atoms with E-state index in [1.807, 2.05) is 49.4 Å². The lowest BCUT2D eigenvalue weighted by Crippen LogP contribution is -2.30. The topological polar surface area (TPSA) is 101 Å². The van der Waals surface area contributed by atoms with Gasteiger partial charge in [0.15, 0.2) is 0 Å². The summed E-state index contributed by atoms with van der Waals surface area (Å²) in [6, 6.07) is 16.7. The molecule has 0 radical (unpaired) electrons. The molecule has 0 saturated heterocycles. The van der Waals surface area contributed by atoms with E-state index < -0.39 is 11.9 Å². The number of hydrogen-bond donors (Lipinski definition) is 2. The van der Waals surface area contributed by atoms with Crippen molar-refractivity contribution >= 4 is 34.5 Å². The Morgan fingerprint density at radius 1 is 1.14 bits per heavy atom. The molecule has 2 atom stereocenters. The summed E-state index contributed by atoms with van der Waals surface area (Å²) in [7, 11) is 0. The predicted octanol–water partition coefficient (Wildman–Crippen LogP) is 5.03. The molecule has 182 valence electrons. The first-order chi connectivity index (χ1) is 17.4. The molecule has 2 unspecified atom stereocenters. The maximum atomic E-state index is 13.0. The fraction of sp³-hybridized carbons (Fsp3) is 0.214. The van der Waals surface area contributed by atoms with Gasteiger partial charge in [-0.15, -0.1) is 0 Å². The molecule has 1 aliphatic carbocycles. The molecule has 1 amide bonds. The first-order valence-corrected chi connectivity index (χ1v) is 12.2. The predicted molar refractivity (Wildman–Crippen MR) is 139 cm³/mol. The SMILES string of the molecule is CCCNC(=O)c1cn(-c2cccc(-c3ccc(C4CC4C(=O)O)c(Cl)c3)c2)c2ncccc2c1=O. The Kier molecular flexibility index (Phi) is 6.33. The van der Waals surface area contributed by atoms with Crippen molar-refractivity contribution in [2.75, 3.05) is 6.54 Å². The number of pyridine rings is 2. The molecule has 8 heteroatoms. The molecule has 0 spiro atoms. The van der Waals surface area contributed by atoms with E-state index in [4.69, 9.17) is 11.6 Å². The minimum absolute atomic E-state index is 0.0498. The van der Waals surface area contributed by atoms with Crippen LogP contribution in [-0.2, 0) is 4.79 Å². The number of fused-ring (bicyclic) bond motifs is 1. The number of rotatable bonds is 7.